The van der Waals surface area contributed by atoms with Gasteiger partial charge in [0.2, 0.25) is 0 Å². The van der Waals surface area contributed by atoms with Crippen molar-refractivity contribution in [2.75, 3.05) is 52.5 Å². The van der Waals surface area contributed by atoms with Gasteiger partial charge >= 0.3 is 0 Å². The summed E-state index contributed by atoms with van der Waals surface area (Å²) in [7, 11) is 2.01. The molecule has 1 aromatic heterocycles. The summed E-state index contributed by atoms with van der Waals surface area (Å²) in [5, 5.41) is 12.1. The summed E-state index contributed by atoms with van der Waals surface area (Å²) in [6.45, 7) is 10.8. The summed E-state index contributed by atoms with van der Waals surface area (Å²) in [5.74, 6) is 2.90. The fourth-order valence-corrected chi connectivity index (χ4v) is 4.53. The molecule has 0 atom stereocenters. The van der Waals surface area contributed by atoms with E-state index in [-0.39, 0.29) is 0 Å². The van der Waals surface area contributed by atoms with E-state index in [1.807, 2.05) is 18.5 Å². The second-order valence-corrected chi connectivity index (χ2v) is 8.62. The Labute approximate surface area is 168 Å². The third kappa shape index (κ3) is 4.49. The van der Waals surface area contributed by atoms with Crippen molar-refractivity contribution in [3.63, 3.8) is 0 Å². The molecule has 1 spiro atoms. The van der Waals surface area contributed by atoms with Crippen molar-refractivity contribution < 1.29 is 4.74 Å². The van der Waals surface area contributed by atoms with Gasteiger partial charge in [-0.2, -0.15) is 0 Å². The first kappa shape index (κ1) is 19.6. The molecule has 1 N–H and O–H groups in total. The van der Waals surface area contributed by atoms with E-state index in [2.05, 4.69) is 25.3 Å². The Kier molecular flexibility index (Phi) is 6.16. The molecule has 156 valence electrons. The number of nitrogens with zero attached hydrogens (tertiary/aromatic N) is 6. The van der Waals surface area contributed by atoms with E-state index in [0.29, 0.717) is 12.0 Å². The van der Waals surface area contributed by atoms with Crippen LogP contribution in [-0.2, 0) is 18.3 Å². The van der Waals surface area contributed by atoms with E-state index in [0.717, 1.165) is 76.5 Å². The summed E-state index contributed by atoms with van der Waals surface area (Å²) < 4.78 is 7.46. The van der Waals surface area contributed by atoms with Crippen LogP contribution >= 0.6 is 0 Å². The lowest BCUT2D eigenvalue weighted by Crippen LogP contribution is -2.44. The minimum Gasteiger partial charge on any atom is -0.379 e. The average molecular weight is 390 g/mol. The number of hydrogen-bond donors (Lipinski definition) is 1. The summed E-state index contributed by atoms with van der Waals surface area (Å²) >= 11 is 0. The molecule has 8 nitrogen and oxygen atoms in total. The molecule has 8 heteroatoms. The quantitative estimate of drug-likeness (QED) is 0.447. The molecule has 3 aliphatic rings. The molecule has 28 heavy (non-hydrogen) atoms. The predicted molar refractivity (Wildman–Crippen MR) is 109 cm³/mol. The molecule has 4 rings (SSSR count). The highest BCUT2D eigenvalue weighted by Crippen LogP contribution is 2.47. The van der Waals surface area contributed by atoms with Crippen LogP contribution in [0.1, 0.15) is 43.8 Å². The first-order chi connectivity index (χ1) is 13.7. The van der Waals surface area contributed by atoms with Gasteiger partial charge in [-0.15, -0.1) is 10.2 Å². The number of hydrogen-bond acceptors (Lipinski definition) is 5. The van der Waals surface area contributed by atoms with Crippen LogP contribution in [0, 0.1) is 12.3 Å². The number of likely N-dealkylation sites (tertiary alicyclic amines) is 1. The van der Waals surface area contributed by atoms with Gasteiger partial charge in [0.25, 0.3) is 0 Å². The Bertz CT molecular complexity index is 676. The standard InChI is InChI=1S/C20H35N7O/c1-17-23-24-18(25(17)2)15-22-19(27-10-7-20(16-27)5-3-6-20)21-8-4-9-26-11-13-28-14-12-26/h3-16H2,1-2H3,(H,21,22). The number of ether oxygens (including phenoxy) is 1. The van der Waals surface area contributed by atoms with Crippen molar-refractivity contribution in [3.05, 3.63) is 11.6 Å². The number of aryl methyl sites for hydroxylation is 1. The largest absolute Gasteiger partial charge is 0.379 e. The molecule has 0 bridgehead atoms. The van der Waals surface area contributed by atoms with Crippen LogP contribution < -0.4 is 5.32 Å². The lowest BCUT2D eigenvalue weighted by molar-refractivity contribution is 0.0375. The number of nitrogens with one attached hydrogen (secondary N) is 1. The van der Waals surface area contributed by atoms with E-state index in [1.165, 1.54) is 25.7 Å². The predicted octanol–water partition coefficient (Wildman–Crippen LogP) is 1.17. The van der Waals surface area contributed by atoms with Crippen LogP contribution in [0.4, 0.5) is 0 Å². The van der Waals surface area contributed by atoms with Crippen molar-refractivity contribution in [1.82, 2.24) is 29.9 Å². The van der Waals surface area contributed by atoms with Gasteiger partial charge in [-0.1, -0.05) is 6.42 Å². The lowest BCUT2D eigenvalue weighted by atomic mass is 9.68. The zero-order valence-electron chi connectivity index (χ0n) is 17.5. The highest BCUT2D eigenvalue weighted by atomic mass is 16.5. The second-order valence-electron chi connectivity index (χ2n) is 8.62. The molecule has 3 heterocycles. The minimum atomic E-state index is 0.567. The third-order valence-electron chi connectivity index (χ3n) is 6.74. The minimum absolute atomic E-state index is 0.567. The Morgan fingerprint density at radius 1 is 1.18 bits per heavy atom. The number of guanidine groups is 1. The van der Waals surface area contributed by atoms with Crippen molar-refractivity contribution >= 4 is 5.96 Å². The average Bonchev–Trinajstić information content (AvgIpc) is 3.27. The topological polar surface area (TPSA) is 70.8 Å². The van der Waals surface area contributed by atoms with Crippen LogP contribution in [0.15, 0.2) is 4.99 Å². The maximum absolute atomic E-state index is 5.44. The number of morpholine rings is 1. The summed E-state index contributed by atoms with van der Waals surface area (Å²) in [4.78, 5) is 9.89. The van der Waals surface area contributed by atoms with Crippen LogP contribution in [0.5, 0.6) is 0 Å². The first-order valence-corrected chi connectivity index (χ1v) is 10.8. The Hall–Kier alpha value is -1.67. The van der Waals surface area contributed by atoms with Crippen LogP contribution in [-0.4, -0.2) is 83.0 Å². The zero-order chi connectivity index (χ0) is 19.4. The fourth-order valence-electron chi connectivity index (χ4n) is 4.53. The van der Waals surface area contributed by atoms with Crippen LogP contribution in [0.25, 0.3) is 0 Å². The van der Waals surface area contributed by atoms with Gasteiger partial charge in [0.1, 0.15) is 12.4 Å². The van der Waals surface area contributed by atoms with E-state index < -0.39 is 0 Å². The van der Waals surface area contributed by atoms with Gasteiger partial charge in [-0.25, -0.2) is 4.99 Å². The molecular formula is C20H35N7O. The van der Waals surface area contributed by atoms with Crippen molar-refractivity contribution in [2.24, 2.45) is 17.5 Å². The maximum Gasteiger partial charge on any atom is 0.194 e. The molecule has 0 amide bonds. The smallest absolute Gasteiger partial charge is 0.194 e. The third-order valence-corrected chi connectivity index (χ3v) is 6.74. The molecule has 1 aliphatic carbocycles. The Balaban J connectivity index is 1.33. The van der Waals surface area contributed by atoms with Gasteiger partial charge in [0.15, 0.2) is 11.8 Å². The van der Waals surface area contributed by atoms with Crippen molar-refractivity contribution in [1.29, 1.82) is 0 Å². The molecule has 2 saturated heterocycles. The zero-order valence-corrected chi connectivity index (χ0v) is 17.5. The Morgan fingerprint density at radius 2 is 2.00 bits per heavy atom. The van der Waals surface area contributed by atoms with E-state index in [9.17, 15) is 0 Å². The van der Waals surface area contributed by atoms with Gasteiger partial charge < -0.3 is 19.5 Å². The molecule has 3 fully saturated rings. The highest BCUT2D eigenvalue weighted by Gasteiger charge is 2.43. The normalized spacial score (nSPS) is 22.6. The van der Waals surface area contributed by atoms with Gasteiger partial charge in [-0.3, -0.25) is 4.90 Å². The second kappa shape index (κ2) is 8.78. The van der Waals surface area contributed by atoms with Gasteiger partial charge in [0.05, 0.1) is 13.2 Å². The van der Waals surface area contributed by atoms with E-state index in [1.54, 1.807) is 0 Å². The van der Waals surface area contributed by atoms with E-state index in [4.69, 9.17) is 9.73 Å². The number of aromatic nitrogens is 3. The SMILES string of the molecule is Cc1nnc(CN=C(NCCCN2CCOCC2)N2CCC3(CCC3)C2)n1C. The number of aliphatic imine (C=N–C) groups is 1. The monoisotopic (exact) mass is 389 g/mol. The van der Waals surface area contributed by atoms with E-state index >= 15 is 0 Å². The van der Waals surface area contributed by atoms with Gasteiger partial charge in [-0.05, 0) is 44.6 Å². The molecule has 2 aliphatic heterocycles. The summed E-state index contributed by atoms with van der Waals surface area (Å²) in [6, 6.07) is 0. The lowest BCUT2D eigenvalue weighted by Gasteiger charge is -2.38. The maximum atomic E-state index is 5.44. The molecule has 0 aromatic carbocycles. The molecule has 1 saturated carbocycles. The highest BCUT2D eigenvalue weighted by molar-refractivity contribution is 5.80. The van der Waals surface area contributed by atoms with Gasteiger partial charge in [0, 0.05) is 39.8 Å². The molecular weight excluding hydrogens is 354 g/mol. The number of rotatable bonds is 6. The molecule has 0 radical (unpaired) electrons. The summed E-state index contributed by atoms with van der Waals surface area (Å²) in [6.07, 6.45) is 6.60. The summed E-state index contributed by atoms with van der Waals surface area (Å²) in [5.41, 5.74) is 0.567. The first-order valence-electron chi connectivity index (χ1n) is 10.8. The fraction of sp³-hybridized carbons (Fsp3) is 0.850. The van der Waals surface area contributed by atoms with Crippen LogP contribution in [0.3, 0.4) is 0 Å². The molecule has 1 aromatic rings. The van der Waals surface area contributed by atoms with Crippen molar-refractivity contribution in [2.45, 2.75) is 45.6 Å². The molecule has 0 unspecified atom stereocenters. The van der Waals surface area contributed by atoms with Crippen molar-refractivity contribution in [3.8, 4) is 0 Å². The Morgan fingerprint density at radius 3 is 2.64 bits per heavy atom. The van der Waals surface area contributed by atoms with Crippen LogP contribution in [0.2, 0.25) is 0 Å².